The molecule has 10 heteroatoms. The van der Waals surface area contributed by atoms with Gasteiger partial charge in [0.05, 0.1) is 30.6 Å². The van der Waals surface area contributed by atoms with Gasteiger partial charge < -0.3 is 29.6 Å². The van der Waals surface area contributed by atoms with Crippen molar-refractivity contribution in [3.63, 3.8) is 0 Å². The number of methoxy groups -OCH3 is 2. The second-order valence-corrected chi connectivity index (χ2v) is 10.8. The van der Waals surface area contributed by atoms with Crippen LogP contribution < -0.4 is 20.3 Å². The second kappa shape index (κ2) is 11.9. The van der Waals surface area contributed by atoms with Gasteiger partial charge in [0, 0.05) is 41.1 Å². The van der Waals surface area contributed by atoms with Crippen LogP contribution in [-0.4, -0.2) is 41.4 Å². The molecule has 0 bridgehead atoms. The van der Waals surface area contributed by atoms with Gasteiger partial charge in [-0.25, -0.2) is 0 Å². The quantitative estimate of drug-likeness (QED) is 0.236. The standard InChI is InChI=1S/C31H32ClN5O3S/c1-18-14-22(10-11-24(18)34-28(38)17-39-4)37-30(29(35-31(37)41)25-8-6-7-13-33-25)23-15-19(2)36(20(23)3)26-16-21(32)9-12-27(26)40-5/h6-16,29-30H,17H2,1-5H3,(H,34,38)(H,35,41)/t29-,30-/m1/s1. The Kier molecular flexibility index (Phi) is 8.30. The molecule has 8 nitrogen and oxygen atoms in total. The highest BCUT2D eigenvalue weighted by atomic mass is 35.5. The number of benzene rings is 2. The monoisotopic (exact) mass is 589 g/mol. The minimum atomic E-state index is -0.212. The maximum Gasteiger partial charge on any atom is 0.250 e. The number of aromatic nitrogens is 2. The third kappa shape index (κ3) is 5.53. The summed E-state index contributed by atoms with van der Waals surface area (Å²) in [7, 11) is 3.15. The van der Waals surface area contributed by atoms with Crippen LogP contribution in [0.2, 0.25) is 5.02 Å². The van der Waals surface area contributed by atoms with Gasteiger partial charge in [0.25, 0.3) is 0 Å². The summed E-state index contributed by atoms with van der Waals surface area (Å²) in [5, 5.41) is 7.65. The van der Waals surface area contributed by atoms with Crippen LogP contribution in [0.25, 0.3) is 5.69 Å². The third-order valence-electron chi connectivity index (χ3n) is 7.31. The molecule has 5 rings (SSSR count). The number of thiocarbonyl (C=S) groups is 1. The smallest absolute Gasteiger partial charge is 0.250 e. The average Bonchev–Trinajstić information content (AvgIpc) is 3.45. The van der Waals surface area contributed by atoms with Gasteiger partial charge in [-0.15, -0.1) is 0 Å². The van der Waals surface area contributed by atoms with E-state index in [1.54, 1.807) is 13.3 Å². The Morgan fingerprint density at radius 1 is 1.10 bits per heavy atom. The molecule has 3 heterocycles. The van der Waals surface area contributed by atoms with E-state index in [0.717, 1.165) is 51.0 Å². The zero-order valence-electron chi connectivity index (χ0n) is 23.6. The highest BCUT2D eigenvalue weighted by Crippen LogP contribution is 2.45. The Bertz CT molecular complexity index is 1610. The first-order valence-corrected chi connectivity index (χ1v) is 13.9. The summed E-state index contributed by atoms with van der Waals surface area (Å²) in [5.41, 5.74) is 7.42. The number of pyridine rings is 1. The van der Waals surface area contributed by atoms with Gasteiger partial charge in [-0.3, -0.25) is 9.78 Å². The number of hydrogen-bond donors (Lipinski definition) is 2. The van der Waals surface area contributed by atoms with Crippen LogP contribution in [0.4, 0.5) is 11.4 Å². The number of nitrogens with one attached hydrogen (secondary N) is 2. The lowest BCUT2D eigenvalue weighted by Gasteiger charge is -2.29. The van der Waals surface area contributed by atoms with Crippen molar-refractivity contribution in [2.45, 2.75) is 32.9 Å². The van der Waals surface area contributed by atoms with Crippen LogP contribution in [0.15, 0.2) is 66.9 Å². The summed E-state index contributed by atoms with van der Waals surface area (Å²) in [6.07, 6.45) is 1.79. The number of nitrogens with zero attached hydrogens (tertiary/aromatic N) is 3. The van der Waals surface area contributed by atoms with Crippen LogP contribution in [0.3, 0.4) is 0 Å². The largest absolute Gasteiger partial charge is 0.495 e. The van der Waals surface area contributed by atoms with E-state index >= 15 is 0 Å². The van der Waals surface area contributed by atoms with Crippen molar-refractivity contribution < 1.29 is 14.3 Å². The van der Waals surface area contributed by atoms with Crippen LogP contribution >= 0.6 is 23.8 Å². The van der Waals surface area contributed by atoms with Crippen molar-refractivity contribution in [1.29, 1.82) is 0 Å². The molecule has 41 heavy (non-hydrogen) atoms. The number of aryl methyl sites for hydroxylation is 2. The molecule has 1 fully saturated rings. The van der Waals surface area contributed by atoms with Crippen molar-refractivity contribution in [1.82, 2.24) is 14.9 Å². The number of ether oxygens (including phenoxy) is 2. The molecule has 1 amide bonds. The van der Waals surface area contributed by atoms with Gasteiger partial charge in [-0.2, -0.15) is 0 Å². The van der Waals surface area contributed by atoms with Crippen molar-refractivity contribution in [3.05, 3.63) is 100 Å². The Labute approximate surface area is 250 Å². The Hall–Kier alpha value is -3.92. The Morgan fingerprint density at radius 2 is 1.90 bits per heavy atom. The topological polar surface area (TPSA) is 80.7 Å². The van der Waals surface area contributed by atoms with E-state index in [9.17, 15) is 4.79 Å². The summed E-state index contributed by atoms with van der Waals surface area (Å²) >= 11 is 12.4. The third-order valence-corrected chi connectivity index (χ3v) is 7.86. The lowest BCUT2D eigenvalue weighted by Crippen LogP contribution is -2.29. The lowest BCUT2D eigenvalue weighted by atomic mass is 9.96. The molecule has 1 aliphatic heterocycles. The maximum atomic E-state index is 12.1. The zero-order chi connectivity index (χ0) is 29.3. The minimum Gasteiger partial charge on any atom is -0.495 e. The summed E-state index contributed by atoms with van der Waals surface area (Å²) in [4.78, 5) is 19.0. The van der Waals surface area contributed by atoms with Gasteiger partial charge in [-0.05, 0) is 98.7 Å². The first-order valence-electron chi connectivity index (χ1n) is 13.2. The first-order chi connectivity index (χ1) is 19.7. The van der Waals surface area contributed by atoms with E-state index in [1.165, 1.54) is 7.11 Å². The number of halogens is 1. The van der Waals surface area contributed by atoms with Gasteiger partial charge in [-0.1, -0.05) is 17.7 Å². The SMILES string of the molecule is COCC(=O)Nc1ccc(N2C(=S)N[C@H](c3ccccn3)[C@H]2c2cc(C)n(-c3cc(Cl)ccc3OC)c2C)cc1C. The molecule has 0 radical (unpaired) electrons. The number of carbonyl (C=O) groups is 1. The number of amides is 1. The minimum absolute atomic E-state index is 0.0117. The molecule has 2 atom stereocenters. The zero-order valence-corrected chi connectivity index (χ0v) is 25.1. The van der Waals surface area contributed by atoms with Gasteiger partial charge >= 0.3 is 0 Å². The average molecular weight is 590 g/mol. The van der Waals surface area contributed by atoms with Crippen molar-refractivity contribution in [2.24, 2.45) is 0 Å². The first kappa shape index (κ1) is 28.6. The molecule has 2 aromatic heterocycles. The van der Waals surface area contributed by atoms with E-state index in [1.807, 2.05) is 61.5 Å². The summed E-state index contributed by atoms with van der Waals surface area (Å²) in [6, 6.07) is 19.2. The normalized spacial score (nSPS) is 16.5. The fourth-order valence-corrected chi connectivity index (χ4v) is 6.01. The lowest BCUT2D eigenvalue weighted by molar-refractivity contribution is -0.119. The molecular formula is C31H32ClN5O3S. The van der Waals surface area contributed by atoms with Crippen LogP contribution in [-0.2, 0) is 9.53 Å². The Morgan fingerprint density at radius 3 is 2.59 bits per heavy atom. The van der Waals surface area contributed by atoms with E-state index < -0.39 is 0 Å². The molecule has 0 unspecified atom stereocenters. The van der Waals surface area contributed by atoms with Crippen LogP contribution in [0.1, 0.15) is 40.3 Å². The molecule has 1 aliphatic rings. The fourth-order valence-electron chi connectivity index (χ4n) is 5.50. The molecule has 212 valence electrons. The summed E-state index contributed by atoms with van der Waals surface area (Å²) in [5.74, 6) is 0.515. The number of anilines is 2. The number of hydrogen-bond acceptors (Lipinski definition) is 5. The molecule has 1 saturated heterocycles. The van der Waals surface area contributed by atoms with E-state index in [2.05, 4.69) is 45.0 Å². The van der Waals surface area contributed by atoms with Crippen LogP contribution in [0.5, 0.6) is 5.75 Å². The summed E-state index contributed by atoms with van der Waals surface area (Å²) < 4.78 is 12.8. The van der Waals surface area contributed by atoms with Crippen molar-refractivity contribution in [2.75, 3.05) is 31.0 Å². The molecular weight excluding hydrogens is 558 g/mol. The molecule has 4 aromatic rings. The van der Waals surface area contributed by atoms with E-state index in [-0.39, 0.29) is 24.6 Å². The molecule has 2 aromatic carbocycles. The number of carbonyl (C=O) groups excluding carboxylic acids is 1. The molecule has 0 aliphatic carbocycles. The van der Waals surface area contributed by atoms with Crippen LogP contribution in [0, 0.1) is 20.8 Å². The second-order valence-electron chi connectivity index (χ2n) is 9.96. The molecule has 0 saturated carbocycles. The predicted octanol–water partition coefficient (Wildman–Crippen LogP) is 6.22. The highest BCUT2D eigenvalue weighted by molar-refractivity contribution is 7.80. The highest BCUT2D eigenvalue weighted by Gasteiger charge is 2.42. The van der Waals surface area contributed by atoms with Gasteiger partial charge in [0.1, 0.15) is 12.4 Å². The van der Waals surface area contributed by atoms with Crippen molar-refractivity contribution in [3.8, 4) is 11.4 Å². The Balaban J connectivity index is 1.63. The maximum absolute atomic E-state index is 12.1. The van der Waals surface area contributed by atoms with Gasteiger partial charge in [0.2, 0.25) is 5.91 Å². The molecule has 0 spiro atoms. The molecule has 2 N–H and O–H groups in total. The van der Waals surface area contributed by atoms with E-state index in [4.69, 9.17) is 33.3 Å². The van der Waals surface area contributed by atoms with E-state index in [0.29, 0.717) is 10.1 Å². The summed E-state index contributed by atoms with van der Waals surface area (Å²) in [6.45, 7) is 6.11. The fraction of sp³-hybridized carbons (Fsp3) is 0.258. The predicted molar refractivity (Wildman–Crippen MR) is 166 cm³/mol. The van der Waals surface area contributed by atoms with Crippen molar-refractivity contribution >= 4 is 46.2 Å². The van der Waals surface area contributed by atoms with Gasteiger partial charge in [0.15, 0.2) is 5.11 Å². The number of rotatable bonds is 8.